The number of carbonyl (C=O) groups is 10. The molecule has 12 amide bonds. The molecule has 7 rings (SSSR count). The van der Waals surface area contributed by atoms with E-state index in [4.69, 9.17) is 10.5 Å². The Kier molecular flexibility index (Phi) is 21.6. The third kappa shape index (κ3) is 16.5. The van der Waals surface area contributed by atoms with Crippen molar-refractivity contribution >= 4 is 70.9 Å². The van der Waals surface area contributed by atoms with Crippen molar-refractivity contribution in [2.75, 3.05) is 43.9 Å². The van der Waals surface area contributed by atoms with E-state index in [1.54, 1.807) is 29.2 Å². The van der Waals surface area contributed by atoms with Crippen molar-refractivity contribution in [1.82, 2.24) is 47.0 Å². The van der Waals surface area contributed by atoms with Crippen LogP contribution in [-0.4, -0.2) is 145 Å². The first-order valence-corrected chi connectivity index (χ1v) is 30.3. The van der Waals surface area contributed by atoms with Crippen molar-refractivity contribution in [2.45, 2.75) is 165 Å². The molecular weight excluding hydrogens is 1100 g/mol. The fourth-order valence-electron chi connectivity index (χ4n) is 12.5. The van der Waals surface area contributed by atoms with Crippen molar-refractivity contribution in [1.29, 1.82) is 0 Å². The molecular formula is C63H96N12O11. The van der Waals surface area contributed by atoms with Crippen LogP contribution in [-0.2, 0) is 33.5 Å². The number of ketones is 1. The van der Waals surface area contributed by atoms with E-state index in [1.165, 1.54) is 12.0 Å². The van der Waals surface area contributed by atoms with Crippen molar-refractivity contribution < 1.29 is 52.7 Å². The van der Waals surface area contributed by atoms with Gasteiger partial charge in [-0.25, -0.2) is 24.0 Å². The number of urea groups is 4. The maximum absolute atomic E-state index is 14.3. The van der Waals surface area contributed by atoms with Gasteiger partial charge in [-0.3, -0.25) is 24.0 Å². The largest absolute Gasteiger partial charge is 0.467 e. The number of amides is 12. The van der Waals surface area contributed by atoms with Gasteiger partial charge in [-0.2, -0.15) is 0 Å². The summed E-state index contributed by atoms with van der Waals surface area (Å²) in [5, 5.41) is 25.4. The molecule has 86 heavy (non-hydrogen) atoms. The summed E-state index contributed by atoms with van der Waals surface area (Å²) in [6.07, 6.45) is 3.20. The van der Waals surface area contributed by atoms with E-state index < -0.39 is 94.6 Å². The lowest BCUT2D eigenvalue weighted by atomic mass is 9.80. The molecule has 5 aliphatic rings. The number of ether oxygens (including phenoxy) is 1. The number of methoxy groups -OCH3 is 1. The fourth-order valence-corrected chi connectivity index (χ4v) is 12.5. The van der Waals surface area contributed by atoms with Gasteiger partial charge in [0.25, 0.3) is 5.91 Å². The van der Waals surface area contributed by atoms with Crippen LogP contribution in [0.5, 0.6) is 0 Å². The van der Waals surface area contributed by atoms with E-state index in [0.717, 1.165) is 19.3 Å². The molecule has 2 aromatic rings. The zero-order valence-electron chi connectivity index (χ0n) is 53.0. The van der Waals surface area contributed by atoms with Gasteiger partial charge in [0.05, 0.1) is 25.2 Å². The van der Waals surface area contributed by atoms with Gasteiger partial charge in [0.2, 0.25) is 23.5 Å². The number of nitrogens with two attached hydrogens (primary N) is 1. The van der Waals surface area contributed by atoms with Crippen LogP contribution in [0.25, 0.3) is 0 Å². The van der Waals surface area contributed by atoms with Gasteiger partial charge in [-0.15, -0.1) is 0 Å². The molecule has 0 spiro atoms. The van der Waals surface area contributed by atoms with Gasteiger partial charge in [-0.1, -0.05) is 153 Å². The first-order valence-electron chi connectivity index (χ1n) is 30.3. The Bertz CT molecular complexity index is 2790. The summed E-state index contributed by atoms with van der Waals surface area (Å²) in [5.74, 6) is -3.15. The lowest BCUT2D eigenvalue weighted by molar-refractivity contribution is -0.154. The maximum Gasteiger partial charge on any atom is 0.328 e. The van der Waals surface area contributed by atoms with Gasteiger partial charge in [0.1, 0.15) is 24.2 Å². The number of para-hydroxylation sites is 2. The lowest BCUT2D eigenvalue weighted by Crippen LogP contribution is -2.62. The Hall–Kier alpha value is -7.46. The number of likely N-dealkylation sites (tertiary alicyclic amines) is 2. The Morgan fingerprint density at radius 2 is 0.977 bits per heavy atom. The molecule has 2 aliphatic heterocycles. The van der Waals surface area contributed by atoms with Crippen molar-refractivity contribution in [3.05, 3.63) is 60.7 Å². The fraction of sp³-hybridized carbons (Fsp3) is 0.651. The van der Waals surface area contributed by atoms with E-state index in [0.29, 0.717) is 30.9 Å². The number of carbonyl (C=O) groups excluding carboxylic acids is 10. The third-order valence-electron chi connectivity index (χ3n) is 18.4. The van der Waals surface area contributed by atoms with Crippen LogP contribution in [0, 0.1) is 63.1 Å². The Morgan fingerprint density at radius 3 is 1.33 bits per heavy atom. The third-order valence-corrected chi connectivity index (χ3v) is 18.4. The minimum atomic E-state index is -1.10. The second kappa shape index (κ2) is 27.5. The van der Waals surface area contributed by atoms with Crippen molar-refractivity contribution in [2.24, 2.45) is 68.8 Å². The Labute approximate surface area is 507 Å². The molecule has 0 radical (unpaired) electrons. The number of anilines is 2. The number of piperidine rings is 2. The molecule has 23 heteroatoms. The molecule has 2 aromatic carbocycles. The van der Waals surface area contributed by atoms with Crippen molar-refractivity contribution in [3.8, 4) is 0 Å². The molecule has 474 valence electrons. The average molecular weight is 1200 g/mol. The van der Waals surface area contributed by atoms with Crippen LogP contribution >= 0.6 is 0 Å². The summed E-state index contributed by atoms with van der Waals surface area (Å²) in [6, 6.07) is 10.9. The van der Waals surface area contributed by atoms with Gasteiger partial charge in [0, 0.05) is 43.5 Å². The first kappa shape index (κ1) is 67.7. The van der Waals surface area contributed by atoms with E-state index >= 15 is 0 Å². The smallest absolute Gasteiger partial charge is 0.328 e. The summed E-state index contributed by atoms with van der Waals surface area (Å²) >= 11 is 0. The molecule has 2 heterocycles. The predicted molar refractivity (Wildman–Crippen MR) is 327 cm³/mol. The van der Waals surface area contributed by atoms with E-state index in [2.05, 4.69) is 75.5 Å². The minimum Gasteiger partial charge on any atom is -0.467 e. The van der Waals surface area contributed by atoms with Gasteiger partial charge < -0.3 is 68.1 Å². The van der Waals surface area contributed by atoms with E-state index in [9.17, 15) is 47.9 Å². The Morgan fingerprint density at radius 1 is 0.581 bits per heavy atom. The minimum absolute atomic E-state index is 0.0122. The SMILES string of the molecule is CC(C)[C@@H](CNC(=O)Nc1ccccc1)NC(=O)N[C@H](C(=O)N1C[C@H]2[C@@H]([C@H]1C(=O)NC(CC1CCC1)C(=O)C(N)=O)C2(C)C)C(C)(C)C.COC(=O)[C@@H]1[C@@H]2[C@H](CN1C(=O)[C@@H](NC(=O)NC(CNC(=O)Nc1ccccc1)C(C)C)C(C)(C)C)C2(C)C. The molecule has 11 N–H and O–H groups in total. The number of primary amides is 1. The molecule has 5 fully saturated rings. The number of benzene rings is 2. The highest BCUT2D eigenvalue weighted by molar-refractivity contribution is 6.37. The number of rotatable bonds is 21. The van der Waals surface area contributed by atoms with Crippen LogP contribution < -0.4 is 53.6 Å². The molecule has 3 saturated carbocycles. The number of Topliss-reactive ketones (excluding diaryl/α,β-unsaturated/α-hetero) is 1. The van der Waals surface area contributed by atoms with Crippen LogP contribution in [0.4, 0.5) is 30.6 Å². The monoisotopic (exact) mass is 1200 g/mol. The number of esters is 1. The van der Waals surface area contributed by atoms with Gasteiger partial charge >= 0.3 is 30.1 Å². The van der Waals surface area contributed by atoms with Gasteiger partial charge in [0.15, 0.2) is 0 Å². The quantitative estimate of drug-likeness (QED) is 0.0513. The molecule has 11 atom stereocenters. The number of fused-ring (bicyclic) bond motifs is 2. The normalized spacial score (nSPS) is 23.1. The summed E-state index contributed by atoms with van der Waals surface area (Å²) in [6.45, 7) is 28.3. The second-order valence-electron chi connectivity index (χ2n) is 28.1. The Balaban J connectivity index is 0.000000283. The van der Waals surface area contributed by atoms with E-state index in [1.807, 2.05) is 106 Å². The number of nitrogens with zero attached hydrogens (tertiary/aromatic N) is 2. The summed E-state index contributed by atoms with van der Waals surface area (Å²) in [5.41, 5.74) is 5.07. The number of hydrogen-bond acceptors (Lipinski definition) is 11. The first-order chi connectivity index (χ1) is 40.1. The highest BCUT2D eigenvalue weighted by Gasteiger charge is 2.71. The summed E-state index contributed by atoms with van der Waals surface area (Å²) in [7, 11) is 1.33. The zero-order chi connectivity index (χ0) is 64.0. The number of nitrogens with one attached hydrogen (secondary N) is 9. The summed E-state index contributed by atoms with van der Waals surface area (Å²) in [4.78, 5) is 134. The molecule has 0 bridgehead atoms. The molecule has 0 aromatic heterocycles. The predicted octanol–water partition coefficient (Wildman–Crippen LogP) is 5.96. The number of hydrogen-bond donors (Lipinski definition) is 10. The molecule has 3 aliphatic carbocycles. The second-order valence-corrected chi connectivity index (χ2v) is 28.1. The van der Waals surface area contributed by atoms with Crippen molar-refractivity contribution in [3.63, 3.8) is 0 Å². The van der Waals surface area contributed by atoms with Crippen LogP contribution in [0.1, 0.15) is 123 Å². The highest BCUT2D eigenvalue weighted by Crippen LogP contribution is 2.66. The van der Waals surface area contributed by atoms with Crippen LogP contribution in [0.3, 0.4) is 0 Å². The lowest BCUT2D eigenvalue weighted by Gasteiger charge is -2.38. The molecule has 2 saturated heterocycles. The molecule has 2 unspecified atom stereocenters. The van der Waals surface area contributed by atoms with Crippen LogP contribution in [0.15, 0.2) is 60.7 Å². The highest BCUT2D eigenvalue weighted by atomic mass is 16.5. The van der Waals surface area contributed by atoms with Gasteiger partial charge in [-0.05, 0) is 87.9 Å². The topological polar surface area (TPSA) is 321 Å². The summed E-state index contributed by atoms with van der Waals surface area (Å²) < 4.78 is 5.04. The molecule has 23 nitrogen and oxygen atoms in total. The average Bonchev–Trinajstić information content (AvgIpc) is 1.54. The zero-order valence-corrected chi connectivity index (χ0v) is 53.0. The van der Waals surface area contributed by atoms with Crippen LogP contribution in [0.2, 0.25) is 0 Å². The van der Waals surface area contributed by atoms with E-state index in [-0.39, 0.29) is 83.3 Å². The standard InChI is InChI=1S/C35H53N7O6.C28H43N5O5/c1-19(2)24(17-37-32(47)38-21-14-9-8-10-15-21)40-33(48)41-28(34(3,4)5)31(46)42-18-22-25(35(22,6)7)26(42)30(45)39-23(27(43)29(36)44)16-20-12-11-13-20;1-16(2)19(14-29-25(36)30-17-12-10-9-11-13-17)31-26(37)32-22(27(3,4)5)23(34)33-15-18-20(28(18,6)7)21(33)24(35)38-8/h8-10,14-15,19-20,22-26,28H,11-13,16-18H2,1-7H3,(H2,36,44)(H,39,45)(H2,37,38,47)(H2,40,41,48);9-13,16,18-22H,14-15H2,1-8H3,(H2,29,30,36)(H2,31,32,37)/t22-,23?,24+,25-,26-,28+;18-,19?,20-,21-,22+/m00/s1. The maximum atomic E-state index is 14.3.